The average molecular weight is 301 g/mol. The molecular formula is C16H26ClFN2. The highest BCUT2D eigenvalue weighted by molar-refractivity contribution is 5.85. The van der Waals surface area contributed by atoms with Crippen molar-refractivity contribution in [1.29, 1.82) is 0 Å². The van der Waals surface area contributed by atoms with Crippen molar-refractivity contribution in [3.63, 3.8) is 0 Å². The van der Waals surface area contributed by atoms with Gasteiger partial charge >= 0.3 is 0 Å². The van der Waals surface area contributed by atoms with Gasteiger partial charge in [0.25, 0.3) is 0 Å². The number of halogens is 2. The zero-order valence-corrected chi connectivity index (χ0v) is 13.3. The molecule has 0 aliphatic carbocycles. The van der Waals surface area contributed by atoms with Crippen LogP contribution in [0.3, 0.4) is 0 Å². The fourth-order valence-corrected chi connectivity index (χ4v) is 2.92. The van der Waals surface area contributed by atoms with Crippen LogP contribution in [0.1, 0.15) is 32.3 Å². The Morgan fingerprint density at radius 2 is 2.00 bits per heavy atom. The van der Waals surface area contributed by atoms with Crippen molar-refractivity contribution >= 4 is 12.4 Å². The second-order valence-electron chi connectivity index (χ2n) is 6.07. The van der Waals surface area contributed by atoms with E-state index in [9.17, 15) is 4.39 Å². The Morgan fingerprint density at radius 1 is 1.30 bits per heavy atom. The van der Waals surface area contributed by atoms with Crippen LogP contribution in [0.15, 0.2) is 24.3 Å². The maximum absolute atomic E-state index is 12.9. The lowest BCUT2D eigenvalue weighted by Crippen LogP contribution is -2.37. The molecule has 0 saturated carbocycles. The molecule has 20 heavy (non-hydrogen) atoms. The van der Waals surface area contributed by atoms with Gasteiger partial charge in [-0.15, -0.1) is 12.4 Å². The van der Waals surface area contributed by atoms with E-state index in [0.29, 0.717) is 5.41 Å². The lowest BCUT2D eigenvalue weighted by atomic mass is 9.89. The Labute approximate surface area is 128 Å². The zero-order valence-electron chi connectivity index (χ0n) is 12.5. The van der Waals surface area contributed by atoms with E-state index in [4.69, 9.17) is 0 Å². The molecule has 2 rings (SSSR count). The fraction of sp³-hybridized carbons (Fsp3) is 0.625. The third-order valence-corrected chi connectivity index (χ3v) is 3.92. The average Bonchev–Trinajstić information content (AvgIpc) is 2.79. The van der Waals surface area contributed by atoms with Crippen molar-refractivity contribution in [2.24, 2.45) is 5.41 Å². The molecule has 0 amide bonds. The number of rotatable bonds is 6. The fourth-order valence-electron chi connectivity index (χ4n) is 2.92. The van der Waals surface area contributed by atoms with E-state index in [1.165, 1.54) is 12.0 Å². The summed E-state index contributed by atoms with van der Waals surface area (Å²) in [5.41, 5.74) is 1.58. The molecule has 1 unspecified atom stereocenters. The molecule has 2 nitrogen and oxygen atoms in total. The number of nitrogens with one attached hydrogen (secondary N) is 1. The van der Waals surface area contributed by atoms with Crippen LogP contribution in [0.4, 0.5) is 4.39 Å². The predicted octanol–water partition coefficient (Wildman–Crippen LogP) is 3.46. The van der Waals surface area contributed by atoms with E-state index >= 15 is 0 Å². The molecule has 0 radical (unpaired) electrons. The molecular weight excluding hydrogens is 275 g/mol. The van der Waals surface area contributed by atoms with Gasteiger partial charge in [0.1, 0.15) is 5.82 Å². The molecule has 1 saturated heterocycles. The molecule has 1 aliphatic rings. The van der Waals surface area contributed by atoms with Crippen molar-refractivity contribution in [3.8, 4) is 0 Å². The number of nitrogens with zero attached hydrogens (tertiary/aromatic N) is 1. The van der Waals surface area contributed by atoms with Crippen molar-refractivity contribution in [2.75, 3.05) is 26.2 Å². The van der Waals surface area contributed by atoms with Crippen LogP contribution in [-0.4, -0.2) is 31.1 Å². The van der Waals surface area contributed by atoms with Crippen LogP contribution in [-0.2, 0) is 6.54 Å². The zero-order chi connectivity index (χ0) is 13.7. The summed E-state index contributed by atoms with van der Waals surface area (Å²) in [5.74, 6) is -0.155. The maximum Gasteiger partial charge on any atom is 0.123 e. The van der Waals surface area contributed by atoms with Crippen molar-refractivity contribution in [2.45, 2.75) is 33.2 Å². The maximum atomic E-state index is 12.9. The van der Waals surface area contributed by atoms with Crippen LogP contribution in [0.2, 0.25) is 0 Å². The van der Waals surface area contributed by atoms with Gasteiger partial charge in [-0.2, -0.15) is 0 Å². The summed E-state index contributed by atoms with van der Waals surface area (Å²) in [6.45, 7) is 9.96. The molecule has 1 aliphatic heterocycles. The standard InChI is InChI=1S/C16H25FN2.ClH/c1-3-10-19(13-16(2)8-9-18-12-16)11-14-4-6-15(17)7-5-14;/h4-7,18H,3,8-13H2,1-2H3;1H. The Balaban J connectivity index is 0.00000200. The van der Waals surface area contributed by atoms with Gasteiger partial charge in [0, 0.05) is 19.6 Å². The first-order valence-electron chi connectivity index (χ1n) is 7.29. The minimum atomic E-state index is -0.155. The first-order chi connectivity index (χ1) is 9.11. The Morgan fingerprint density at radius 3 is 2.55 bits per heavy atom. The molecule has 1 heterocycles. The lowest BCUT2D eigenvalue weighted by Gasteiger charge is -2.32. The van der Waals surface area contributed by atoms with E-state index in [1.54, 1.807) is 12.1 Å². The van der Waals surface area contributed by atoms with E-state index in [0.717, 1.165) is 39.1 Å². The number of benzene rings is 1. The SMILES string of the molecule is CCCN(Cc1ccc(F)cc1)CC1(C)CCNC1.Cl. The second kappa shape index (κ2) is 7.96. The van der Waals surface area contributed by atoms with Gasteiger partial charge in [0.05, 0.1) is 0 Å². The topological polar surface area (TPSA) is 15.3 Å². The van der Waals surface area contributed by atoms with Crippen LogP contribution < -0.4 is 5.32 Å². The van der Waals surface area contributed by atoms with Crippen LogP contribution in [0.25, 0.3) is 0 Å². The second-order valence-corrected chi connectivity index (χ2v) is 6.07. The van der Waals surface area contributed by atoms with Crippen molar-refractivity contribution in [1.82, 2.24) is 10.2 Å². The van der Waals surface area contributed by atoms with Gasteiger partial charge < -0.3 is 5.32 Å². The molecule has 114 valence electrons. The summed E-state index contributed by atoms with van der Waals surface area (Å²) in [4.78, 5) is 2.50. The third-order valence-electron chi connectivity index (χ3n) is 3.92. The molecule has 1 N–H and O–H groups in total. The van der Waals surface area contributed by atoms with Gasteiger partial charge in [-0.25, -0.2) is 4.39 Å². The summed E-state index contributed by atoms with van der Waals surface area (Å²) >= 11 is 0. The highest BCUT2D eigenvalue weighted by atomic mass is 35.5. The lowest BCUT2D eigenvalue weighted by molar-refractivity contribution is 0.171. The molecule has 0 bridgehead atoms. The molecule has 1 fully saturated rings. The third kappa shape index (κ3) is 5.04. The summed E-state index contributed by atoms with van der Waals surface area (Å²) in [5, 5.41) is 3.46. The van der Waals surface area contributed by atoms with E-state index in [1.807, 2.05) is 12.1 Å². The van der Waals surface area contributed by atoms with E-state index in [-0.39, 0.29) is 18.2 Å². The molecule has 0 spiro atoms. The van der Waals surface area contributed by atoms with Crippen LogP contribution in [0.5, 0.6) is 0 Å². The molecule has 1 aromatic rings. The van der Waals surface area contributed by atoms with Gasteiger partial charge in [-0.05, 0) is 49.0 Å². The monoisotopic (exact) mass is 300 g/mol. The largest absolute Gasteiger partial charge is 0.316 e. The highest BCUT2D eigenvalue weighted by Crippen LogP contribution is 2.26. The molecule has 0 aromatic heterocycles. The first kappa shape index (κ1) is 17.4. The highest BCUT2D eigenvalue weighted by Gasteiger charge is 2.30. The summed E-state index contributed by atoms with van der Waals surface area (Å²) in [6.07, 6.45) is 2.40. The molecule has 4 heteroatoms. The Hall–Kier alpha value is -0.640. The van der Waals surface area contributed by atoms with Crippen LogP contribution in [0, 0.1) is 11.2 Å². The summed E-state index contributed by atoms with van der Waals surface area (Å²) in [6, 6.07) is 6.90. The molecule has 1 aromatic carbocycles. The van der Waals surface area contributed by atoms with Gasteiger partial charge in [0.15, 0.2) is 0 Å². The smallest absolute Gasteiger partial charge is 0.123 e. The summed E-state index contributed by atoms with van der Waals surface area (Å²) in [7, 11) is 0. The van der Waals surface area contributed by atoms with Gasteiger partial charge in [0.2, 0.25) is 0 Å². The van der Waals surface area contributed by atoms with Gasteiger partial charge in [-0.1, -0.05) is 26.0 Å². The number of hydrogen-bond acceptors (Lipinski definition) is 2. The van der Waals surface area contributed by atoms with Gasteiger partial charge in [-0.3, -0.25) is 4.90 Å². The minimum Gasteiger partial charge on any atom is -0.316 e. The van der Waals surface area contributed by atoms with E-state index < -0.39 is 0 Å². The molecule has 1 atom stereocenters. The Bertz CT molecular complexity index is 388. The van der Waals surface area contributed by atoms with E-state index in [2.05, 4.69) is 24.1 Å². The quantitative estimate of drug-likeness (QED) is 0.865. The first-order valence-corrected chi connectivity index (χ1v) is 7.29. The number of hydrogen-bond donors (Lipinski definition) is 1. The van der Waals surface area contributed by atoms with Crippen LogP contribution >= 0.6 is 12.4 Å². The predicted molar refractivity (Wildman–Crippen MR) is 84.8 cm³/mol. The normalized spacial score (nSPS) is 22.0. The van der Waals surface area contributed by atoms with Crippen molar-refractivity contribution in [3.05, 3.63) is 35.6 Å². The Kier molecular flexibility index (Phi) is 6.93. The van der Waals surface area contributed by atoms with Crippen molar-refractivity contribution < 1.29 is 4.39 Å². The summed E-state index contributed by atoms with van der Waals surface area (Å²) < 4.78 is 12.9. The minimum absolute atomic E-state index is 0.